The monoisotopic (exact) mass is 472 g/mol. The molecular formula is C24H26F2N4O4. The normalized spacial score (nSPS) is 13.1. The third-order valence-corrected chi connectivity index (χ3v) is 5.49. The Kier molecular flexibility index (Phi) is 7.31. The van der Waals surface area contributed by atoms with Crippen LogP contribution in [0.4, 0.5) is 14.6 Å². The summed E-state index contributed by atoms with van der Waals surface area (Å²) in [6.45, 7) is 4.95. The number of aromatic nitrogens is 2. The molecular weight excluding hydrogens is 446 g/mol. The van der Waals surface area contributed by atoms with E-state index in [0.29, 0.717) is 22.6 Å². The molecule has 180 valence electrons. The van der Waals surface area contributed by atoms with Gasteiger partial charge >= 0.3 is 0 Å². The molecule has 0 radical (unpaired) electrons. The summed E-state index contributed by atoms with van der Waals surface area (Å²) in [4.78, 5) is 24.9. The summed E-state index contributed by atoms with van der Waals surface area (Å²) < 4.78 is 32.4. The number of hydrogen-bond acceptors (Lipinski definition) is 5. The van der Waals surface area contributed by atoms with E-state index < -0.39 is 41.0 Å². The lowest BCUT2D eigenvalue weighted by molar-refractivity contribution is -0.132. The number of amides is 2. The molecule has 0 bridgehead atoms. The Morgan fingerprint density at radius 3 is 2.26 bits per heavy atom. The van der Waals surface area contributed by atoms with Gasteiger partial charge in [0.25, 0.3) is 5.91 Å². The van der Waals surface area contributed by atoms with Crippen LogP contribution in [-0.2, 0) is 15.0 Å². The largest absolute Gasteiger partial charge is 0.497 e. The van der Waals surface area contributed by atoms with Crippen LogP contribution in [-0.4, -0.2) is 40.3 Å². The molecule has 3 aromatic rings. The van der Waals surface area contributed by atoms with Crippen molar-refractivity contribution in [2.24, 2.45) is 0 Å². The minimum atomic E-state index is -1.47. The molecule has 8 nitrogen and oxygen atoms in total. The molecule has 0 fully saturated rings. The summed E-state index contributed by atoms with van der Waals surface area (Å²) in [6.07, 6.45) is -1.47. The first kappa shape index (κ1) is 24.8. The van der Waals surface area contributed by atoms with E-state index in [0.717, 1.165) is 6.07 Å². The van der Waals surface area contributed by atoms with E-state index >= 15 is 0 Å². The summed E-state index contributed by atoms with van der Waals surface area (Å²) in [5, 5.41) is 22.1. The number of nitrogens with zero attached hydrogens (tertiary/aromatic N) is 1. The maximum absolute atomic E-state index is 13.7. The van der Waals surface area contributed by atoms with Crippen LogP contribution in [0.5, 0.6) is 5.75 Å². The zero-order valence-electron chi connectivity index (χ0n) is 19.1. The lowest BCUT2D eigenvalue weighted by Crippen LogP contribution is -2.43. The predicted octanol–water partition coefficient (Wildman–Crippen LogP) is 3.20. The quantitative estimate of drug-likeness (QED) is 0.402. The van der Waals surface area contributed by atoms with Gasteiger partial charge in [-0.3, -0.25) is 14.7 Å². The second-order valence-corrected chi connectivity index (χ2v) is 8.35. The van der Waals surface area contributed by atoms with Crippen LogP contribution < -0.4 is 15.4 Å². The number of halogens is 2. The maximum atomic E-state index is 13.7. The van der Waals surface area contributed by atoms with Gasteiger partial charge in [0.05, 0.1) is 12.8 Å². The zero-order valence-corrected chi connectivity index (χ0v) is 19.1. The van der Waals surface area contributed by atoms with Gasteiger partial charge in [0, 0.05) is 17.5 Å². The van der Waals surface area contributed by atoms with Crippen LogP contribution in [0.3, 0.4) is 0 Å². The minimum Gasteiger partial charge on any atom is -0.497 e. The Hall–Kier alpha value is -3.79. The number of carbonyl (C=O) groups is 2. The molecule has 2 aromatic carbocycles. The molecule has 0 aliphatic heterocycles. The van der Waals surface area contributed by atoms with Crippen molar-refractivity contribution in [1.82, 2.24) is 15.5 Å². The zero-order chi connectivity index (χ0) is 25.0. The van der Waals surface area contributed by atoms with Gasteiger partial charge in [-0.1, -0.05) is 26.0 Å². The highest BCUT2D eigenvalue weighted by atomic mass is 19.1. The molecule has 2 unspecified atom stereocenters. The third-order valence-electron chi connectivity index (χ3n) is 5.49. The molecule has 0 saturated carbocycles. The number of aliphatic hydroxyl groups is 1. The number of nitrogens with one attached hydrogen (secondary N) is 3. The molecule has 1 heterocycles. The Balaban J connectivity index is 1.63. The van der Waals surface area contributed by atoms with Gasteiger partial charge in [-0.15, -0.1) is 0 Å². The fourth-order valence-electron chi connectivity index (χ4n) is 3.30. The number of carbonyl (C=O) groups excluding carboxylic acids is 2. The smallest absolute Gasteiger partial charge is 0.254 e. The number of aliphatic hydroxyl groups excluding tert-OH is 1. The fourth-order valence-corrected chi connectivity index (χ4v) is 3.30. The van der Waals surface area contributed by atoms with E-state index in [9.17, 15) is 23.5 Å². The minimum absolute atomic E-state index is 0.238. The van der Waals surface area contributed by atoms with Crippen molar-refractivity contribution in [2.45, 2.75) is 38.3 Å². The van der Waals surface area contributed by atoms with E-state index in [1.807, 2.05) is 0 Å². The highest BCUT2D eigenvalue weighted by Gasteiger charge is 2.28. The topological polar surface area (TPSA) is 116 Å². The van der Waals surface area contributed by atoms with Crippen LogP contribution in [0.1, 0.15) is 43.7 Å². The Bertz CT molecular complexity index is 1160. The van der Waals surface area contributed by atoms with Gasteiger partial charge in [-0.2, -0.15) is 5.10 Å². The number of ether oxygens (including phenoxy) is 1. The van der Waals surface area contributed by atoms with Crippen LogP contribution in [0.15, 0.2) is 48.5 Å². The molecule has 2 amide bonds. The van der Waals surface area contributed by atoms with Gasteiger partial charge < -0.3 is 20.5 Å². The van der Waals surface area contributed by atoms with Crippen LogP contribution in [0.25, 0.3) is 0 Å². The molecule has 34 heavy (non-hydrogen) atoms. The number of hydrogen-bond donors (Lipinski definition) is 4. The van der Waals surface area contributed by atoms with E-state index in [4.69, 9.17) is 4.74 Å². The van der Waals surface area contributed by atoms with Crippen molar-refractivity contribution in [3.8, 4) is 5.75 Å². The molecule has 3 rings (SSSR count). The number of methoxy groups -OCH3 is 1. The van der Waals surface area contributed by atoms with Gasteiger partial charge in [0.2, 0.25) is 5.91 Å². The summed E-state index contributed by atoms with van der Waals surface area (Å²) in [5.74, 6) is -1.88. The van der Waals surface area contributed by atoms with Crippen molar-refractivity contribution in [3.05, 3.63) is 77.0 Å². The van der Waals surface area contributed by atoms with Crippen LogP contribution in [0, 0.1) is 11.6 Å². The number of anilines is 1. The molecule has 2 atom stereocenters. The maximum Gasteiger partial charge on any atom is 0.254 e. The lowest BCUT2D eigenvalue weighted by Gasteiger charge is -2.23. The van der Waals surface area contributed by atoms with E-state index in [2.05, 4.69) is 20.8 Å². The first-order valence-electron chi connectivity index (χ1n) is 10.5. The van der Waals surface area contributed by atoms with E-state index in [-0.39, 0.29) is 5.82 Å². The Labute approximate surface area is 195 Å². The summed E-state index contributed by atoms with van der Waals surface area (Å²) in [7, 11) is 1.50. The predicted molar refractivity (Wildman–Crippen MR) is 121 cm³/mol. The van der Waals surface area contributed by atoms with Crippen LogP contribution >= 0.6 is 0 Å². The Morgan fingerprint density at radius 1 is 1.06 bits per heavy atom. The number of rotatable bonds is 8. The second-order valence-electron chi connectivity index (χ2n) is 8.35. The third kappa shape index (κ3) is 5.57. The van der Waals surface area contributed by atoms with Gasteiger partial charge in [-0.05, 0) is 42.3 Å². The van der Waals surface area contributed by atoms with Gasteiger partial charge in [-0.25, -0.2) is 8.78 Å². The number of H-pyrrole nitrogens is 1. The molecule has 0 saturated heterocycles. The number of aromatic amines is 1. The molecule has 0 spiro atoms. The molecule has 1 aromatic heterocycles. The summed E-state index contributed by atoms with van der Waals surface area (Å²) >= 11 is 0. The first-order chi connectivity index (χ1) is 16.0. The molecule has 0 aliphatic carbocycles. The van der Waals surface area contributed by atoms with Gasteiger partial charge in [0.15, 0.2) is 6.10 Å². The molecule has 0 aliphatic rings. The van der Waals surface area contributed by atoms with Crippen molar-refractivity contribution in [3.63, 3.8) is 0 Å². The first-order valence-corrected chi connectivity index (χ1v) is 10.5. The van der Waals surface area contributed by atoms with E-state index in [1.165, 1.54) is 26.2 Å². The highest BCUT2D eigenvalue weighted by Crippen LogP contribution is 2.32. The Morgan fingerprint density at radius 2 is 1.68 bits per heavy atom. The van der Waals surface area contributed by atoms with Crippen molar-refractivity contribution in [1.29, 1.82) is 0 Å². The highest BCUT2D eigenvalue weighted by molar-refractivity contribution is 5.97. The van der Waals surface area contributed by atoms with Crippen molar-refractivity contribution < 1.29 is 28.2 Å². The van der Waals surface area contributed by atoms with E-state index in [1.54, 1.807) is 44.2 Å². The van der Waals surface area contributed by atoms with Gasteiger partial charge in [0.1, 0.15) is 29.2 Å². The molecule has 4 N–H and O–H groups in total. The average molecular weight is 472 g/mol. The fraction of sp³-hybridized carbons (Fsp3) is 0.292. The standard InChI is InChI=1S/C24H26F2N4O4/c1-13(27-23(33)21(31)14-5-7-18(34-4)8-6-14)22(32)28-20-12-19(29-30-20)24(2,3)15-9-16(25)11-17(26)10-15/h5-13,21,31H,1-4H3,(H,27,33)(H2,28,29,30,32). The summed E-state index contributed by atoms with van der Waals surface area (Å²) in [6, 6.07) is 10.1. The number of benzene rings is 2. The SMILES string of the molecule is COc1ccc(C(O)C(=O)NC(C)C(=O)Nc2cc(C(C)(C)c3cc(F)cc(F)c3)n[nH]2)cc1. The molecule has 10 heteroatoms. The average Bonchev–Trinajstić information content (AvgIpc) is 3.27. The summed E-state index contributed by atoms with van der Waals surface area (Å²) in [5.41, 5.74) is 0.312. The lowest BCUT2D eigenvalue weighted by atomic mass is 9.81. The van der Waals surface area contributed by atoms with Crippen molar-refractivity contribution >= 4 is 17.6 Å². The van der Waals surface area contributed by atoms with Crippen molar-refractivity contribution in [2.75, 3.05) is 12.4 Å². The van der Waals surface area contributed by atoms with Crippen LogP contribution in [0.2, 0.25) is 0 Å². The second kappa shape index (κ2) is 10.0.